The van der Waals surface area contributed by atoms with Gasteiger partial charge in [-0.15, -0.1) is 0 Å². The van der Waals surface area contributed by atoms with Crippen molar-refractivity contribution >= 4 is 0 Å². The molecule has 0 aliphatic carbocycles. The van der Waals surface area contributed by atoms with Crippen LogP contribution >= 0.6 is 0 Å². The summed E-state index contributed by atoms with van der Waals surface area (Å²) in [5.74, 6) is 0.779. The summed E-state index contributed by atoms with van der Waals surface area (Å²) in [7, 11) is 0. The zero-order valence-electron chi connectivity index (χ0n) is 13.7. The number of ether oxygens (including phenoxy) is 4. The molecule has 0 aromatic carbocycles. The highest BCUT2D eigenvalue weighted by molar-refractivity contribution is 4.86. The molecule has 0 saturated carbocycles. The van der Waals surface area contributed by atoms with Crippen molar-refractivity contribution in [2.24, 2.45) is 0 Å². The molecule has 0 heterocycles. The van der Waals surface area contributed by atoms with Gasteiger partial charge in [0, 0.05) is 0 Å². The van der Waals surface area contributed by atoms with E-state index < -0.39 is 0 Å². The second-order valence-corrected chi connectivity index (χ2v) is 3.97. The van der Waals surface area contributed by atoms with Crippen molar-refractivity contribution in [3.8, 4) is 0 Å². The molecule has 0 fully saturated rings. The van der Waals surface area contributed by atoms with E-state index in [9.17, 15) is 0 Å². The van der Waals surface area contributed by atoms with E-state index in [4.69, 9.17) is 18.9 Å². The zero-order valence-corrected chi connectivity index (χ0v) is 13.7. The topological polar surface area (TPSA) is 107 Å². The first-order valence-corrected chi connectivity index (χ1v) is 7.05. The minimum Gasteiger partial charge on any atom is -0.460 e. The summed E-state index contributed by atoms with van der Waals surface area (Å²) < 4.78 is 22.2. The Morgan fingerprint density at radius 1 is 0.500 bits per heavy atom. The molecule has 0 bridgehead atoms. The summed E-state index contributed by atoms with van der Waals surface area (Å²) in [6.45, 7) is 10.6. The fraction of sp³-hybridized carbons (Fsp3) is 0.857. The number of hydrogen-bond acceptors (Lipinski definition) is 6. The molecule has 0 amide bonds. The monoisotopic (exact) mass is 294 g/mol. The zero-order chi connectivity index (χ0) is 13.6. The summed E-state index contributed by atoms with van der Waals surface area (Å²) in [5.41, 5.74) is 0. The lowest BCUT2D eigenvalue weighted by molar-refractivity contribution is -0.0441. The lowest BCUT2D eigenvalue weighted by Gasteiger charge is -2.16. The van der Waals surface area contributed by atoms with Gasteiger partial charge in [-0.05, 0) is 25.7 Å². The molecule has 0 spiro atoms. The van der Waals surface area contributed by atoms with Gasteiger partial charge in [0.1, 0.15) is 0 Å². The molecule has 0 aromatic rings. The molecular weight excluding hydrogens is 260 g/mol. The van der Waals surface area contributed by atoms with Crippen LogP contribution < -0.4 is 12.3 Å². The van der Waals surface area contributed by atoms with Crippen LogP contribution in [0.15, 0.2) is 11.9 Å². The maximum Gasteiger partial charge on any atom is 0.364 e. The first-order valence-electron chi connectivity index (χ1n) is 7.05. The van der Waals surface area contributed by atoms with E-state index in [0.29, 0.717) is 38.3 Å². The van der Waals surface area contributed by atoms with Gasteiger partial charge in [-0.25, -0.2) is 0 Å². The van der Waals surface area contributed by atoms with E-state index >= 15 is 0 Å². The van der Waals surface area contributed by atoms with E-state index in [1.54, 1.807) is 0 Å². The van der Waals surface area contributed by atoms with Crippen LogP contribution in [0.2, 0.25) is 0 Å². The molecule has 0 aliphatic rings. The Balaban J connectivity index is -0.00000144. The highest BCUT2D eigenvalue weighted by atomic mass is 16.7. The summed E-state index contributed by atoms with van der Waals surface area (Å²) in [6.07, 6.45) is 3.70. The third kappa shape index (κ3) is 11.9. The third-order valence-electron chi connectivity index (χ3n) is 1.92. The molecule has 6 nitrogen and oxygen atoms in total. The molecule has 0 radical (unpaired) electrons. The molecule has 0 aromatic heterocycles. The first kappa shape index (κ1) is 23.9. The van der Waals surface area contributed by atoms with Gasteiger partial charge in [-0.3, -0.25) is 0 Å². The van der Waals surface area contributed by atoms with Gasteiger partial charge >= 0.3 is 11.9 Å². The van der Waals surface area contributed by atoms with Crippen molar-refractivity contribution in [3.63, 3.8) is 0 Å². The third-order valence-corrected chi connectivity index (χ3v) is 1.92. The highest BCUT2D eigenvalue weighted by Gasteiger charge is 2.14. The van der Waals surface area contributed by atoms with Gasteiger partial charge in [0.05, 0.1) is 26.4 Å². The van der Waals surface area contributed by atoms with Crippen molar-refractivity contribution < 1.29 is 18.9 Å². The Hall–Kier alpha value is -1.14. The summed E-state index contributed by atoms with van der Waals surface area (Å²) >= 11 is 0. The van der Waals surface area contributed by atoms with Crippen LogP contribution in [0.4, 0.5) is 0 Å². The predicted octanol–water partition coefficient (Wildman–Crippen LogP) is 4.14. The summed E-state index contributed by atoms with van der Waals surface area (Å²) in [6, 6.07) is 0. The van der Waals surface area contributed by atoms with Gasteiger partial charge in [-0.2, -0.15) is 0 Å². The van der Waals surface area contributed by atoms with Crippen molar-refractivity contribution in [2.75, 3.05) is 26.4 Å². The molecule has 6 heteroatoms. The van der Waals surface area contributed by atoms with Crippen LogP contribution in [0.1, 0.15) is 53.4 Å². The van der Waals surface area contributed by atoms with E-state index in [0.717, 1.165) is 25.7 Å². The Morgan fingerprint density at radius 3 is 0.850 bits per heavy atom. The number of hydrogen-bond donors (Lipinski definition) is 2. The van der Waals surface area contributed by atoms with E-state index in [2.05, 4.69) is 27.7 Å². The number of rotatable bonds is 12. The summed E-state index contributed by atoms with van der Waals surface area (Å²) in [5, 5.41) is 0. The Morgan fingerprint density at radius 2 is 0.700 bits per heavy atom. The molecule has 20 heavy (non-hydrogen) atoms. The molecule has 0 unspecified atom stereocenters. The average molecular weight is 294 g/mol. The Bertz CT molecular complexity index is 181. The van der Waals surface area contributed by atoms with Gasteiger partial charge in [-0.1, -0.05) is 27.7 Å². The molecule has 0 rings (SSSR count). The van der Waals surface area contributed by atoms with Gasteiger partial charge in [0.2, 0.25) is 0 Å². The normalized spacial score (nSPS) is 8.80. The van der Waals surface area contributed by atoms with E-state index in [-0.39, 0.29) is 12.3 Å². The van der Waals surface area contributed by atoms with Gasteiger partial charge in [0.15, 0.2) is 0 Å². The fourth-order valence-corrected chi connectivity index (χ4v) is 1.10. The van der Waals surface area contributed by atoms with Gasteiger partial charge < -0.3 is 31.2 Å². The van der Waals surface area contributed by atoms with E-state index in [1.807, 2.05) is 0 Å². The quantitative estimate of drug-likeness (QED) is 0.524. The van der Waals surface area contributed by atoms with Crippen LogP contribution in [0, 0.1) is 0 Å². The second-order valence-electron chi connectivity index (χ2n) is 3.97. The van der Waals surface area contributed by atoms with Crippen LogP contribution in [-0.4, -0.2) is 26.4 Å². The average Bonchev–Trinajstić information content (AvgIpc) is 2.40. The van der Waals surface area contributed by atoms with Gasteiger partial charge in [0.25, 0.3) is 0 Å². The van der Waals surface area contributed by atoms with Crippen molar-refractivity contribution in [1.82, 2.24) is 12.3 Å². The van der Waals surface area contributed by atoms with Crippen molar-refractivity contribution in [3.05, 3.63) is 11.9 Å². The van der Waals surface area contributed by atoms with E-state index in [1.165, 1.54) is 0 Å². The summed E-state index contributed by atoms with van der Waals surface area (Å²) in [4.78, 5) is 0. The standard InChI is InChI=1S/C14H28O4.2H3N/c1-5-9-15-13(16-10-6-2)14(17-11-7-3)18-12-8-4;;/h5-12H2,1-4H3;2*1H3. The molecule has 0 atom stereocenters. The molecule has 6 N–H and O–H groups in total. The largest absolute Gasteiger partial charge is 0.460 e. The molecular formula is C14H34N2O4. The SMILES string of the molecule is CCCOC(OCCC)=C(OCCC)OCCC.N.N. The Kier molecular flexibility index (Phi) is 21.4. The first-order chi connectivity index (χ1) is 8.79. The van der Waals surface area contributed by atoms with Crippen molar-refractivity contribution in [2.45, 2.75) is 53.4 Å². The minimum absolute atomic E-state index is 0. The lowest BCUT2D eigenvalue weighted by atomic mass is 10.5. The maximum absolute atomic E-state index is 5.56. The highest BCUT2D eigenvalue weighted by Crippen LogP contribution is 2.13. The molecule has 0 aliphatic heterocycles. The molecule has 124 valence electrons. The van der Waals surface area contributed by atoms with Crippen LogP contribution in [0.5, 0.6) is 0 Å². The fourth-order valence-electron chi connectivity index (χ4n) is 1.10. The molecule has 0 saturated heterocycles. The smallest absolute Gasteiger partial charge is 0.364 e. The van der Waals surface area contributed by atoms with Crippen LogP contribution in [-0.2, 0) is 18.9 Å². The lowest BCUT2D eigenvalue weighted by Crippen LogP contribution is -2.10. The predicted molar refractivity (Wildman–Crippen MR) is 82.0 cm³/mol. The van der Waals surface area contributed by atoms with Crippen LogP contribution in [0.25, 0.3) is 0 Å². The minimum atomic E-state index is 0. The Labute approximate surface area is 124 Å². The van der Waals surface area contributed by atoms with Crippen molar-refractivity contribution in [1.29, 1.82) is 0 Å². The maximum atomic E-state index is 5.56. The second kappa shape index (κ2) is 17.9. The van der Waals surface area contributed by atoms with Crippen LogP contribution in [0.3, 0.4) is 0 Å².